The topological polar surface area (TPSA) is 67.6 Å². The van der Waals surface area contributed by atoms with Crippen LogP contribution in [0.3, 0.4) is 0 Å². The molecule has 1 aromatic carbocycles. The van der Waals surface area contributed by atoms with Crippen LogP contribution in [0, 0.1) is 5.41 Å². The number of amides is 1. The monoisotopic (exact) mass is 319 g/mol. The highest BCUT2D eigenvalue weighted by molar-refractivity contribution is 5.83. The van der Waals surface area contributed by atoms with E-state index in [0.717, 1.165) is 6.54 Å². The molecule has 0 aromatic heterocycles. The Morgan fingerprint density at radius 1 is 1.35 bits per heavy atom. The highest BCUT2D eigenvalue weighted by atomic mass is 16.5. The summed E-state index contributed by atoms with van der Waals surface area (Å²) in [5, 5.41) is 3.09. The average molecular weight is 319 g/mol. The van der Waals surface area contributed by atoms with Gasteiger partial charge in [0.05, 0.1) is 5.41 Å². The van der Waals surface area contributed by atoms with E-state index < -0.39 is 5.41 Å². The number of hydrogen-bond donors (Lipinski definition) is 2. The molecule has 1 aliphatic heterocycles. The molecule has 0 bridgehead atoms. The molecule has 1 heterocycles. The second-order valence-electron chi connectivity index (χ2n) is 6.56. The molecule has 1 aliphatic rings. The zero-order valence-electron chi connectivity index (χ0n) is 14.3. The van der Waals surface area contributed by atoms with Crippen molar-refractivity contribution in [1.29, 1.82) is 0 Å². The predicted octanol–water partition coefficient (Wildman–Crippen LogP) is 1.38. The molecule has 0 spiro atoms. The number of nitrogens with one attached hydrogen (secondary N) is 1. The van der Waals surface area contributed by atoms with Crippen molar-refractivity contribution in [2.75, 3.05) is 33.4 Å². The van der Waals surface area contributed by atoms with E-state index in [0.29, 0.717) is 39.1 Å². The molecule has 3 N–H and O–H groups in total. The zero-order chi connectivity index (χ0) is 16.7. The summed E-state index contributed by atoms with van der Waals surface area (Å²) in [4.78, 5) is 14.8. The molecule has 1 unspecified atom stereocenters. The van der Waals surface area contributed by atoms with Crippen molar-refractivity contribution in [3.05, 3.63) is 35.9 Å². The van der Waals surface area contributed by atoms with Gasteiger partial charge in [0.1, 0.15) is 0 Å². The highest BCUT2D eigenvalue weighted by Gasteiger charge is 2.38. The maximum atomic E-state index is 12.6. The van der Waals surface area contributed by atoms with E-state index in [9.17, 15) is 4.79 Å². The fourth-order valence-corrected chi connectivity index (χ4v) is 2.90. The van der Waals surface area contributed by atoms with Crippen LogP contribution in [-0.2, 0) is 16.1 Å². The van der Waals surface area contributed by atoms with Crippen LogP contribution in [0.15, 0.2) is 30.3 Å². The van der Waals surface area contributed by atoms with Crippen LogP contribution in [0.1, 0.15) is 25.3 Å². The largest absolute Gasteiger partial charge is 0.381 e. The SMILES string of the molecule is CC(CNC(=O)C1(CN)CCOCC1)N(C)Cc1ccccc1. The van der Waals surface area contributed by atoms with E-state index in [1.54, 1.807) is 0 Å². The summed E-state index contributed by atoms with van der Waals surface area (Å²) in [6.45, 7) is 5.25. The van der Waals surface area contributed by atoms with Gasteiger partial charge in [-0.25, -0.2) is 0 Å². The third-order valence-electron chi connectivity index (χ3n) is 4.91. The van der Waals surface area contributed by atoms with E-state index in [1.807, 2.05) is 18.2 Å². The molecule has 128 valence electrons. The quantitative estimate of drug-likeness (QED) is 0.797. The molecule has 5 nitrogen and oxygen atoms in total. The standard InChI is InChI=1S/C18H29N3O2/c1-15(21(2)13-16-6-4-3-5-7-16)12-20-17(22)18(14-19)8-10-23-11-9-18/h3-7,15H,8-14,19H2,1-2H3,(H,20,22). The fraction of sp³-hybridized carbons (Fsp3) is 0.611. The molecule has 5 heteroatoms. The number of likely N-dealkylation sites (N-methyl/N-ethyl adjacent to an activating group) is 1. The second-order valence-corrected chi connectivity index (χ2v) is 6.56. The Morgan fingerprint density at radius 2 is 2.00 bits per heavy atom. The van der Waals surface area contributed by atoms with Gasteiger partial charge in [0.2, 0.25) is 5.91 Å². The Morgan fingerprint density at radius 3 is 2.61 bits per heavy atom. The van der Waals surface area contributed by atoms with Gasteiger partial charge in [-0.3, -0.25) is 9.69 Å². The number of nitrogens with two attached hydrogens (primary N) is 1. The Bertz CT molecular complexity index is 486. The maximum Gasteiger partial charge on any atom is 0.227 e. The van der Waals surface area contributed by atoms with E-state index in [-0.39, 0.29) is 11.9 Å². The minimum absolute atomic E-state index is 0.0725. The maximum absolute atomic E-state index is 12.6. The van der Waals surface area contributed by atoms with E-state index in [4.69, 9.17) is 10.5 Å². The molecule has 0 saturated carbocycles. The lowest BCUT2D eigenvalue weighted by Crippen LogP contribution is -2.51. The van der Waals surface area contributed by atoms with Gasteiger partial charge in [0.25, 0.3) is 0 Å². The predicted molar refractivity (Wildman–Crippen MR) is 91.9 cm³/mol. The molecule has 0 aliphatic carbocycles. The number of benzene rings is 1. The third-order valence-corrected chi connectivity index (χ3v) is 4.91. The zero-order valence-corrected chi connectivity index (χ0v) is 14.3. The number of carbonyl (C=O) groups excluding carboxylic acids is 1. The van der Waals surface area contributed by atoms with Crippen LogP contribution in [0.5, 0.6) is 0 Å². The molecule has 1 amide bonds. The smallest absolute Gasteiger partial charge is 0.227 e. The molecular weight excluding hydrogens is 290 g/mol. The first-order chi connectivity index (χ1) is 11.1. The van der Waals surface area contributed by atoms with Crippen LogP contribution in [0.4, 0.5) is 0 Å². The van der Waals surface area contributed by atoms with Gasteiger partial charge in [-0.2, -0.15) is 0 Å². The Hall–Kier alpha value is -1.43. The Labute approximate surface area is 139 Å². The van der Waals surface area contributed by atoms with Gasteiger partial charge in [-0.05, 0) is 32.4 Å². The summed E-state index contributed by atoms with van der Waals surface area (Å²) in [7, 11) is 2.08. The second kappa shape index (κ2) is 8.43. The lowest BCUT2D eigenvalue weighted by molar-refractivity contribution is -0.136. The molecule has 1 saturated heterocycles. The van der Waals surface area contributed by atoms with Crippen LogP contribution in [0.2, 0.25) is 0 Å². The van der Waals surface area contributed by atoms with Crippen LogP contribution >= 0.6 is 0 Å². The van der Waals surface area contributed by atoms with Crippen molar-refractivity contribution in [3.63, 3.8) is 0 Å². The number of ether oxygens (including phenoxy) is 1. The van der Waals surface area contributed by atoms with Gasteiger partial charge >= 0.3 is 0 Å². The van der Waals surface area contributed by atoms with Crippen molar-refractivity contribution in [1.82, 2.24) is 10.2 Å². The third kappa shape index (κ3) is 4.77. The molecular formula is C18H29N3O2. The van der Waals surface area contributed by atoms with Crippen molar-refractivity contribution >= 4 is 5.91 Å². The van der Waals surface area contributed by atoms with Crippen LogP contribution < -0.4 is 11.1 Å². The summed E-state index contributed by atoms with van der Waals surface area (Å²) in [5.41, 5.74) is 6.71. The van der Waals surface area contributed by atoms with Crippen molar-refractivity contribution in [3.8, 4) is 0 Å². The van der Waals surface area contributed by atoms with Crippen molar-refractivity contribution in [2.45, 2.75) is 32.4 Å². The van der Waals surface area contributed by atoms with Crippen LogP contribution in [-0.4, -0.2) is 50.2 Å². The minimum atomic E-state index is -0.448. The Balaban J connectivity index is 1.83. The minimum Gasteiger partial charge on any atom is -0.381 e. The number of rotatable bonds is 7. The van der Waals surface area contributed by atoms with Gasteiger partial charge in [0.15, 0.2) is 0 Å². The van der Waals surface area contributed by atoms with Gasteiger partial charge in [-0.1, -0.05) is 30.3 Å². The van der Waals surface area contributed by atoms with Crippen LogP contribution in [0.25, 0.3) is 0 Å². The molecule has 1 aromatic rings. The number of nitrogens with zero attached hydrogens (tertiary/aromatic N) is 1. The number of hydrogen-bond acceptors (Lipinski definition) is 4. The van der Waals surface area contributed by atoms with E-state index in [1.165, 1.54) is 5.56 Å². The average Bonchev–Trinajstić information content (AvgIpc) is 2.60. The first kappa shape index (κ1) is 17.9. The summed E-state index contributed by atoms with van der Waals surface area (Å²) in [6, 6.07) is 10.6. The lowest BCUT2D eigenvalue weighted by Gasteiger charge is -2.35. The molecule has 1 fully saturated rings. The van der Waals surface area contributed by atoms with Gasteiger partial charge < -0.3 is 15.8 Å². The first-order valence-electron chi connectivity index (χ1n) is 8.38. The summed E-state index contributed by atoms with van der Waals surface area (Å²) in [6.07, 6.45) is 1.42. The van der Waals surface area contributed by atoms with Gasteiger partial charge in [-0.15, -0.1) is 0 Å². The van der Waals surface area contributed by atoms with Gasteiger partial charge in [0, 0.05) is 38.9 Å². The number of carbonyl (C=O) groups is 1. The first-order valence-corrected chi connectivity index (χ1v) is 8.38. The summed E-state index contributed by atoms with van der Waals surface area (Å²) >= 11 is 0. The fourth-order valence-electron chi connectivity index (χ4n) is 2.90. The molecule has 0 radical (unpaired) electrons. The lowest BCUT2D eigenvalue weighted by atomic mass is 9.79. The summed E-state index contributed by atoms with van der Waals surface area (Å²) in [5.74, 6) is 0.0725. The van der Waals surface area contributed by atoms with E-state index in [2.05, 4.69) is 36.3 Å². The Kier molecular flexibility index (Phi) is 6.57. The van der Waals surface area contributed by atoms with E-state index >= 15 is 0 Å². The van der Waals surface area contributed by atoms with Crippen molar-refractivity contribution < 1.29 is 9.53 Å². The molecule has 2 rings (SSSR count). The molecule has 23 heavy (non-hydrogen) atoms. The molecule has 1 atom stereocenters. The normalized spacial score (nSPS) is 18.6. The summed E-state index contributed by atoms with van der Waals surface area (Å²) < 4.78 is 5.36. The highest BCUT2D eigenvalue weighted by Crippen LogP contribution is 2.29. The van der Waals surface area contributed by atoms with Crippen molar-refractivity contribution in [2.24, 2.45) is 11.1 Å².